The third kappa shape index (κ3) is 3.21. The largest absolute Gasteiger partial charge is 0.497 e. The lowest BCUT2D eigenvalue weighted by Gasteiger charge is -2.10. The molecule has 1 heterocycles. The Morgan fingerprint density at radius 2 is 1.65 bits per heavy atom. The molecule has 0 bridgehead atoms. The molecule has 0 atom stereocenters. The van der Waals surface area contributed by atoms with E-state index in [1.165, 1.54) is 0 Å². The number of rotatable bonds is 4. The van der Waals surface area contributed by atoms with Gasteiger partial charge in [0.25, 0.3) is 5.56 Å². The number of ether oxygens (including phenoxy) is 2. The summed E-state index contributed by atoms with van der Waals surface area (Å²) >= 11 is 0. The van der Waals surface area contributed by atoms with Crippen LogP contribution in [0.4, 0.5) is 0 Å². The first kappa shape index (κ1) is 15.2. The molecule has 1 aromatic heterocycles. The number of H-pyrrole nitrogens is 1. The molecule has 0 saturated heterocycles. The summed E-state index contributed by atoms with van der Waals surface area (Å²) in [5, 5.41) is 1.50. The average molecular weight is 309 g/mol. The molecule has 1 N–H and O–H groups in total. The molecule has 23 heavy (non-hydrogen) atoms. The van der Waals surface area contributed by atoms with Crippen LogP contribution < -0.4 is 15.0 Å². The van der Waals surface area contributed by atoms with Gasteiger partial charge in [-0.05, 0) is 73.3 Å². The second-order valence-electron chi connectivity index (χ2n) is 5.66. The number of aromatic amines is 1. The van der Waals surface area contributed by atoms with Gasteiger partial charge in [-0.3, -0.25) is 4.79 Å². The number of nitrogens with one attached hydrogen (secondary N) is 1. The van der Waals surface area contributed by atoms with E-state index in [-0.39, 0.29) is 11.7 Å². The van der Waals surface area contributed by atoms with Crippen molar-refractivity contribution >= 4 is 10.8 Å². The van der Waals surface area contributed by atoms with Crippen LogP contribution in [0, 0.1) is 0 Å². The smallest absolute Gasteiger partial charge is 0.256 e. The summed E-state index contributed by atoms with van der Waals surface area (Å²) in [6.45, 7) is 3.98. The second kappa shape index (κ2) is 6.16. The predicted octanol–water partition coefficient (Wildman–Crippen LogP) is 3.99. The molecule has 118 valence electrons. The van der Waals surface area contributed by atoms with Crippen LogP contribution in [0.3, 0.4) is 0 Å². The fourth-order valence-electron chi connectivity index (χ4n) is 2.52. The van der Waals surface area contributed by atoms with E-state index in [2.05, 4.69) is 4.98 Å². The van der Waals surface area contributed by atoms with Gasteiger partial charge in [0.1, 0.15) is 11.5 Å². The zero-order chi connectivity index (χ0) is 16.4. The summed E-state index contributed by atoms with van der Waals surface area (Å²) in [6.07, 6.45) is 0.133. The normalized spacial score (nSPS) is 11.0. The van der Waals surface area contributed by atoms with Crippen LogP contribution in [0.2, 0.25) is 0 Å². The van der Waals surface area contributed by atoms with E-state index in [0.717, 1.165) is 28.1 Å². The average Bonchev–Trinajstić information content (AvgIpc) is 2.54. The van der Waals surface area contributed by atoms with Crippen molar-refractivity contribution in [2.24, 2.45) is 0 Å². The van der Waals surface area contributed by atoms with E-state index in [1.807, 2.05) is 50.2 Å². The van der Waals surface area contributed by atoms with Crippen molar-refractivity contribution < 1.29 is 9.47 Å². The number of benzene rings is 2. The SMILES string of the molecule is COc1ccc2c(=O)[nH]c(-c3ccc(OC(C)C)cc3)cc2c1. The van der Waals surface area contributed by atoms with Crippen LogP contribution >= 0.6 is 0 Å². The molecule has 4 heteroatoms. The van der Waals surface area contributed by atoms with Crippen LogP contribution in [0.5, 0.6) is 11.5 Å². The van der Waals surface area contributed by atoms with Gasteiger partial charge in [-0.25, -0.2) is 0 Å². The van der Waals surface area contributed by atoms with Gasteiger partial charge >= 0.3 is 0 Å². The molecule has 0 amide bonds. The van der Waals surface area contributed by atoms with Crippen LogP contribution in [0.25, 0.3) is 22.0 Å². The van der Waals surface area contributed by atoms with E-state index >= 15 is 0 Å². The van der Waals surface area contributed by atoms with Crippen molar-refractivity contribution in [1.82, 2.24) is 4.98 Å². The first-order valence-electron chi connectivity index (χ1n) is 7.55. The predicted molar refractivity (Wildman–Crippen MR) is 92.3 cm³/mol. The highest BCUT2D eigenvalue weighted by atomic mass is 16.5. The maximum Gasteiger partial charge on any atom is 0.256 e. The number of hydrogen-bond acceptors (Lipinski definition) is 3. The lowest BCUT2D eigenvalue weighted by atomic mass is 10.1. The summed E-state index contributed by atoms with van der Waals surface area (Å²) in [5.74, 6) is 1.54. The van der Waals surface area contributed by atoms with Gasteiger partial charge in [0.05, 0.1) is 13.2 Å². The van der Waals surface area contributed by atoms with E-state index < -0.39 is 0 Å². The third-order valence-electron chi connectivity index (χ3n) is 3.59. The summed E-state index contributed by atoms with van der Waals surface area (Å²) < 4.78 is 10.9. The van der Waals surface area contributed by atoms with E-state index in [0.29, 0.717) is 5.39 Å². The van der Waals surface area contributed by atoms with Gasteiger partial charge in [-0.15, -0.1) is 0 Å². The number of methoxy groups -OCH3 is 1. The summed E-state index contributed by atoms with van der Waals surface area (Å²) in [7, 11) is 1.61. The molecular weight excluding hydrogens is 290 g/mol. The molecule has 0 saturated carbocycles. The second-order valence-corrected chi connectivity index (χ2v) is 5.66. The monoisotopic (exact) mass is 309 g/mol. The minimum atomic E-state index is -0.109. The molecular formula is C19H19NO3. The van der Waals surface area contributed by atoms with Crippen molar-refractivity contribution in [3.05, 3.63) is 58.9 Å². The molecule has 0 aliphatic carbocycles. The summed E-state index contributed by atoms with van der Waals surface area (Å²) in [5.41, 5.74) is 1.59. The van der Waals surface area contributed by atoms with E-state index in [9.17, 15) is 4.79 Å². The van der Waals surface area contributed by atoms with Crippen molar-refractivity contribution in [2.75, 3.05) is 7.11 Å². The standard InChI is InChI=1S/C19H19NO3/c1-12(2)23-15-6-4-13(5-7-15)18-11-14-10-16(22-3)8-9-17(14)19(21)20-18/h4-12H,1-3H3,(H,20,21). The van der Waals surface area contributed by atoms with E-state index in [1.54, 1.807) is 19.2 Å². The Labute approximate surface area is 134 Å². The van der Waals surface area contributed by atoms with Crippen LogP contribution in [0.15, 0.2) is 53.3 Å². The van der Waals surface area contributed by atoms with Crippen molar-refractivity contribution in [3.63, 3.8) is 0 Å². The molecule has 0 aliphatic heterocycles. The maximum absolute atomic E-state index is 12.3. The van der Waals surface area contributed by atoms with Crippen LogP contribution in [0.1, 0.15) is 13.8 Å². The minimum absolute atomic E-state index is 0.109. The topological polar surface area (TPSA) is 51.3 Å². The highest BCUT2D eigenvalue weighted by molar-refractivity contribution is 5.86. The zero-order valence-corrected chi connectivity index (χ0v) is 13.4. The summed E-state index contributed by atoms with van der Waals surface area (Å²) in [6, 6.07) is 15.1. The first-order valence-corrected chi connectivity index (χ1v) is 7.55. The highest BCUT2D eigenvalue weighted by Gasteiger charge is 2.06. The van der Waals surface area contributed by atoms with Gasteiger partial charge in [0.15, 0.2) is 0 Å². The van der Waals surface area contributed by atoms with Gasteiger partial charge in [0.2, 0.25) is 0 Å². The van der Waals surface area contributed by atoms with Gasteiger partial charge in [-0.1, -0.05) is 0 Å². The molecule has 2 aromatic carbocycles. The van der Waals surface area contributed by atoms with Gasteiger partial charge < -0.3 is 14.5 Å². The van der Waals surface area contributed by atoms with Crippen molar-refractivity contribution in [1.29, 1.82) is 0 Å². The molecule has 0 spiro atoms. The Kier molecular flexibility index (Phi) is 4.06. The Morgan fingerprint density at radius 3 is 2.30 bits per heavy atom. The fraction of sp³-hybridized carbons (Fsp3) is 0.211. The Bertz CT molecular complexity index is 879. The number of fused-ring (bicyclic) bond motifs is 1. The minimum Gasteiger partial charge on any atom is -0.497 e. The van der Waals surface area contributed by atoms with Crippen molar-refractivity contribution in [2.45, 2.75) is 20.0 Å². The number of pyridine rings is 1. The number of hydrogen-bond donors (Lipinski definition) is 1. The Hall–Kier alpha value is -2.75. The highest BCUT2D eigenvalue weighted by Crippen LogP contribution is 2.25. The lowest BCUT2D eigenvalue weighted by molar-refractivity contribution is 0.242. The lowest BCUT2D eigenvalue weighted by Crippen LogP contribution is -2.07. The number of aromatic nitrogens is 1. The molecule has 4 nitrogen and oxygen atoms in total. The van der Waals surface area contributed by atoms with Gasteiger partial charge in [0, 0.05) is 11.1 Å². The third-order valence-corrected chi connectivity index (χ3v) is 3.59. The first-order chi connectivity index (χ1) is 11.1. The van der Waals surface area contributed by atoms with Crippen molar-refractivity contribution in [3.8, 4) is 22.8 Å². The maximum atomic E-state index is 12.3. The molecule has 0 unspecified atom stereocenters. The fourth-order valence-corrected chi connectivity index (χ4v) is 2.52. The van der Waals surface area contributed by atoms with Crippen LogP contribution in [-0.4, -0.2) is 18.2 Å². The van der Waals surface area contributed by atoms with Crippen LogP contribution in [-0.2, 0) is 0 Å². The Balaban J connectivity index is 2.03. The summed E-state index contributed by atoms with van der Waals surface area (Å²) in [4.78, 5) is 15.2. The molecule has 0 aliphatic rings. The molecule has 0 fully saturated rings. The molecule has 0 radical (unpaired) electrons. The van der Waals surface area contributed by atoms with E-state index in [4.69, 9.17) is 9.47 Å². The molecule has 3 aromatic rings. The Morgan fingerprint density at radius 1 is 0.957 bits per heavy atom. The quantitative estimate of drug-likeness (QED) is 0.793. The molecule has 3 rings (SSSR count). The van der Waals surface area contributed by atoms with Gasteiger partial charge in [-0.2, -0.15) is 0 Å². The zero-order valence-electron chi connectivity index (χ0n) is 13.4.